The third-order valence-electron chi connectivity index (χ3n) is 3.41. The van der Waals surface area contributed by atoms with Gasteiger partial charge in [0.25, 0.3) is 0 Å². The normalized spacial score (nSPS) is 14.8. The molecule has 0 aliphatic heterocycles. The van der Waals surface area contributed by atoms with Crippen molar-refractivity contribution in [2.24, 2.45) is 0 Å². The van der Waals surface area contributed by atoms with Gasteiger partial charge in [0.2, 0.25) is 0 Å². The third kappa shape index (κ3) is 7.39. The minimum Gasteiger partial charge on any atom is -0.417 e. The summed E-state index contributed by atoms with van der Waals surface area (Å²) in [5.74, 6) is 0. The van der Waals surface area contributed by atoms with E-state index < -0.39 is 8.32 Å². The Morgan fingerprint density at radius 1 is 1.41 bits per heavy atom. The molecule has 1 N–H and O–H groups in total. The van der Waals surface area contributed by atoms with Gasteiger partial charge in [-0.2, -0.15) is 0 Å². The molecule has 0 radical (unpaired) electrons. The second kappa shape index (κ2) is 7.07. The maximum Gasteiger partial charge on any atom is 0.191 e. The highest BCUT2D eigenvalue weighted by molar-refractivity contribution is 9.11. The average molecular weight is 323 g/mol. The van der Waals surface area contributed by atoms with Crippen LogP contribution in [0.2, 0.25) is 18.1 Å². The van der Waals surface area contributed by atoms with Crippen molar-refractivity contribution in [3.05, 3.63) is 11.1 Å². The quantitative estimate of drug-likeness (QED) is 0.554. The fourth-order valence-corrected chi connectivity index (χ4v) is 2.68. The minimum atomic E-state index is -1.62. The number of halogens is 1. The molecule has 0 aliphatic rings. The summed E-state index contributed by atoms with van der Waals surface area (Å²) in [6.07, 6.45) is 2.01. The van der Waals surface area contributed by atoms with Gasteiger partial charge < -0.3 is 9.53 Å². The van der Waals surface area contributed by atoms with Crippen LogP contribution in [0, 0.1) is 0 Å². The van der Waals surface area contributed by atoms with Crippen molar-refractivity contribution in [1.82, 2.24) is 0 Å². The molecule has 102 valence electrons. The molecule has 2 nitrogen and oxygen atoms in total. The van der Waals surface area contributed by atoms with E-state index in [1.165, 1.54) is 0 Å². The van der Waals surface area contributed by atoms with Gasteiger partial charge in [0.1, 0.15) is 0 Å². The van der Waals surface area contributed by atoms with Crippen molar-refractivity contribution in [3.8, 4) is 0 Å². The molecule has 4 heteroatoms. The van der Waals surface area contributed by atoms with E-state index in [0.717, 1.165) is 23.9 Å². The van der Waals surface area contributed by atoms with Gasteiger partial charge in [-0.15, -0.1) is 0 Å². The van der Waals surface area contributed by atoms with Gasteiger partial charge in [0.15, 0.2) is 8.32 Å². The van der Waals surface area contributed by atoms with Crippen molar-refractivity contribution in [1.29, 1.82) is 0 Å². The van der Waals surface area contributed by atoms with Crippen molar-refractivity contribution < 1.29 is 9.53 Å². The summed E-state index contributed by atoms with van der Waals surface area (Å²) in [6, 6.07) is 0. The predicted molar refractivity (Wildman–Crippen MR) is 81.1 cm³/mol. The summed E-state index contributed by atoms with van der Waals surface area (Å²) in [4.78, 5) is 0. The molecule has 0 aliphatic carbocycles. The molecule has 0 aromatic rings. The van der Waals surface area contributed by atoms with E-state index >= 15 is 0 Å². The first-order valence-electron chi connectivity index (χ1n) is 6.21. The zero-order chi connectivity index (χ0) is 13.7. The van der Waals surface area contributed by atoms with Crippen LogP contribution in [-0.2, 0) is 4.43 Å². The first-order valence-corrected chi connectivity index (χ1v) is 9.91. The van der Waals surface area contributed by atoms with Crippen LogP contribution >= 0.6 is 15.9 Å². The van der Waals surface area contributed by atoms with Gasteiger partial charge in [-0.05, 0) is 35.5 Å². The van der Waals surface area contributed by atoms with Gasteiger partial charge in [0.05, 0.1) is 6.10 Å². The van der Waals surface area contributed by atoms with Crippen molar-refractivity contribution in [2.75, 3.05) is 6.61 Å². The Morgan fingerprint density at radius 2 is 1.94 bits per heavy atom. The van der Waals surface area contributed by atoms with Crippen LogP contribution in [0.15, 0.2) is 11.1 Å². The molecule has 0 aromatic carbocycles. The molecule has 0 unspecified atom stereocenters. The molecule has 0 saturated carbocycles. The maximum atomic E-state index is 9.67. The number of hydrogen-bond acceptors (Lipinski definition) is 2. The lowest BCUT2D eigenvalue weighted by Crippen LogP contribution is -2.41. The van der Waals surface area contributed by atoms with E-state index in [1.807, 2.05) is 0 Å². The van der Waals surface area contributed by atoms with Crippen LogP contribution in [0.1, 0.15) is 40.0 Å². The second-order valence-electron chi connectivity index (χ2n) is 6.13. The van der Waals surface area contributed by atoms with E-state index in [9.17, 15) is 5.11 Å². The lowest BCUT2D eigenvalue weighted by atomic mass is 10.1. The van der Waals surface area contributed by atoms with Crippen LogP contribution in [0.3, 0.4) is 0 Å². The van der Waals surface area contributed by atoms with E-state index in [2.05, 4.69) is 56.4 Å². The molecule has 17 heavy (non-hydrogen) atoms. The Labute approximate surface area is 116 Å². The van der Waals surface area contributed by atoms with Crippen LogP contribution in [-0.4, -0.2) is 26.1 Å². The summed E-state index contributed by atoms with van der Waals surface area (Å²) in [5.41, 5.74) is 0. The Bertz CT molecular complexity index is 246. The zero-order valence-corrected chi connectivity index (χ0v) is 14.4. The predicted octanol–water partition coefficient (Wildman–Crippen LogP) is 4.45. The van der Waals surface area contributed by atoms with Crippen LogP contribution in [0.4, 0.5) is 0 Å². The standard InChI is InChI=1S/C13H27BrO2Si/c1-11(14)10-12(15)8-7-9-16-17(5,6)13(2,3)4/h12,15H,1,7-10H2,2-6H3/t12-/m1/s1. The van der Waals surface area contributed by atoms with E-state index in [1.54, 1.807) is 0 Å². The number of aliphatic hydroxyl groups excluding tert-OH is 1. The molecule has 1 atom stereocenters. The first kappa shape index (κ1) is 17.4. The number of hydrogen-bond donors (Lipinski definition) is 1. The van der Waals surface area contributed by atoms with Gasteiger partial charge >= 0.3 is 0 Å². The average Bonchev–Trinajstić information content (AvgIpc) is 2.09. The fraction of sp³-hybridized carbons (Fsp3) is 0.846. The second-order valence-corrected chi connectivity index (χ2v) is 12.1. The van der Waals surface area contributed by atoms with Gasteiger partial charge in [-0.25, -0.2) is 0 Å². The van der Waals surface area contributed by atoms with E-state index in [-0.39, 0.29) is 11.1 Å². The Morgan fingerprint density at radius 3 is 2.35 bits per heavy atom. The van der Waals surface area contributed by atoms with E-state index in [4.69, 9.17) is 4.43 Å². The molecule has 0 heterocycles. The summed E-state index contributed by atoms with van der Waals surface area (Å²) >= 11 is 3.26. The lowest BCUT2D eigenvalue weighted by Gasteiger charge is -2.36. The summed E-state index contributed by atoms with van der Waals surface area (Å²) in [7, 11) is -1.62. The van der Waals surface area contributed by atoms with Gasteiger partial charge in [-0.1, -0.05) is 43.3 Å². The molecule has 0 fully saturated rings. The SMILES string of the molecule is C=C(Br)C[C@H](O)CCCO[Si](C)(C)C(C)(C)C. The Balaban J connectivity index is 3.82. The molecule has 0 aromatic heterocycles. The highest BCUT2D eigenvalue weighted by atomic mass is 79.9. The highest BCUT2D eigenvalue weighted by Gasteiger charge is 2.36. The molecular weight excluding hydrogens is 296 g/mol. The van der Waals surface area contributed by atoms with Gasteiger partial charge in [0, 0.05) is 13.0 Å². The molecule has 0 bridgehead atoms. The molecular formula is C13H27BrO2Si. The maximum absolute atomic E-state index is 9.67. The third-order valence-corrected chi connectivity index (χ3v) is 8.27. The molecule has 0 spiro atoms. The monoisotopic (exact) mass is 322 g/mol. The smallest absolute Gasteiger partial charge is 0.191 e. The highest BCUT2D eigenvalue weighted by Crippen LogP contribution is 2.36. The largest absolute Gasteiger partial charge is 0.417 e. The molecule has 0 rings (SSSR count). The van der Waals surface area contributed by atoms with Crippen LogP contribution in [0.5, 0.6) is 0 Å². The van der Waals surface area contributed by atoms with Crippen molar-refractivity contribution in [3.63, 3.8) is 0 Å². The first-order chi connectivity index (χ1) is 7.56. The van der Waals surface area contributed by atoms with E-state index in [0.29, 0.717) is 6.42 Å². The minimum absolute atomic E-state index is 0.260. The van der Waals surface area contributed by atoms with Crippen molar-refractivity contribution in [2.45, 2.75) is 64.3 Å². The molecule has 0 saturated heterocycles. The summed E-state index contributed by atoms with van der Waals surface area (Å²) in [6.45, 7) is 15.7. The Kier molecular flexibility index (Phi) is 7.22. The van der Waals surface area contributed by atoms with Crippen LogP contribution < -0.4 is 0 Å². The van der Waals surface area contributed by atoms with Crippen LogP contribution in [0.25, 0.3) is 0 Å². The number of rotatable bonds is 7. The fourth-order valence-electron chi connectivity index (χ4n) is 1.22. The lowest BCUT2D eigenvalue weighted by molar-refractivity contribution is 0.153. The topological polar surface area (TPSA) is 29.5 Å². The Hall–Kier alpha value is 0.357. The summed E-state index contributed by atoms with van der Waals surface area (Å²) < 4.78 is 6.90. The number of aliphatic hydroxyl groups is 1. The van der Waals surface area contributed by atoms with Gasteiger partial charge in [-0.3, -0.25) is 0 Å². The van der Waals surface area contributed by atoms with Crippen molar-refractivity contribution >= 4 is 24.2 Å². The molecule has 0 amide bonds. The summed E-state index contributed by atoms with van der Waals surface area (Å²) in [5, 5.41) is 9.93. The zero-order valence-electron chi connectivity index (χ0n) is 11.8.